The normalized spacial score (nSPS) is 16.0. The van der Waals surface area contributed by atoms with Crippen LogP contribution in [0, 0.1) is 0 Å². The minimum atomic E-state index is 0.0237. The van der Waals surface area contributed by atoms with Crippen LogP contribution < -0.4 is 0 Å². The van der Waals surface area contributed by atoms with Crippen molar-refractivity contribution >= 4 is 5.91 Å². The Kier molecular flexibility index (Phi) is 4.41. The molecule has 7 nitrogen and oxygen atoms in total. The van der Waals surface area contributed by atoms with E-state index in [1.54, 1.807) is 6.20 Å². The summed E-state index contributed by atoms with van der Waals surface area (Å²) in [5.41, 5.74) is 1.46. The van der Waals surface area contributed by atoms with Gasteiger partial charge in [0.1, 0.15) is 6.33 Å². The van der Waals surface area contributed by atoms with E-state index >= 15 is 0 Å². The number of carbonyl (C=O) groups is 1. The Morgan fingerprint density at radius 1 is 1.36 bits per heavy atom. The summed E-state index contributed by atoms with van der Waals surface area (Å²) in [7, 11) is 0. The molecule has 0 spiro atoms. The smallest absolute Gasteiger partial charge is 0.257 e. The summed E-state index contributed by atoms with van der Waals surface area (Å²) in [5.74, 6) is 1.03. The maximum absolute atomic E-state index is 12.7. The van der Waals surface area contributed by atoms with Crippen LogP contribution in [0.1, 0.15) is 54.0 Å². The highest BCUT2D eigenvalue weighted by Crippen LogP contribution is 2.26. The van der Waals surface area contributed by atoms with Gasteiger partial charge in [0.15, 0.2) is 5.82 Å². The number of likely N-dealkylation sites (tertiary alicyclic amines) is 1. The molecule has 1 fully saturated rings. The molecule has 0 aromatic carbocycles. The topological polar surface area (TPSA) is 85.0 Å². The summed E-state index contributed by atoms with van der Waals surface area (Å²) in [6.45, 7) is 3.46. The van der Waals surface area contributed by atoms with Gasteiger partial charge in [0.05, 0.1) is 11.3 Å². The van der Waals surface area contributed by atoms with Gasteiger partial charge in [0.25, 0.3) is 5.91 Å². The highest BCUT2D eigenvalue weighted by molar-refractivity contribution is 5.95. The summed E-state index contributed by atoms with van der Waals surface area (Å²) >= 11 is 0. The zero-order valence-corrected chi connectivity index (χ0v) is 12.6. The first kappa shape index (κ1) is 14.6. The van der Waals surface area contributed by atoms with E-state index in [4.69, 9.17) is 4.52 Å². The first-order valence-electron chi connectivity index (χ1n) is 7.64. The second-order valence-corrected chi connectivity index (χ2v) is 5.49. The Balaban J connectivity index is 1.67. The number of aromatic nitrogens is 4. The Morgan fingerprint density at radius 2 is 2.18 bits per heavy atom. The largest absolute Gasteiger partial charge is 0.343 e. The summed E-state index contributed by atoms with van der Waals surface area (Å²) in [5, 5.41) is 3.90. The van der Waals surface area contributed by atoms with E-state index in [9.17, 15) is 4.79 Å². The average Bonchev–Trinajstić information content (AvgIpc) is 3.10. The second-order valence-electron chi connectivity index (χ2n) is 5.49. The highest BCUT2D eigenvalue weighted by Gasteiger charge is 2.27. The fourth-order valence-corrected chi connectivity index (χ4v) is 2.84. The van der Waals surface area contributed by atoms with Gasteiger partial charge in [-0.2, -0.15) is 4.98 Å². The summed E-state index contributed by atoms with van der Waals surface area (Å²) in [6.07, 6.45) is 7.94. The van der Waals surface area contributed by atoms with Crippen LogP contribution in [0.5, 0.6) is 0 Å². The van der Waals surface area contributed by atoms with Gasteiger partial charge >= 0.3 is 0 Å². The molecule has 116 valence electrons. The van der Waals surface area contributed by atoms with Gasteiger partial charge in [-0.05, 0) is 19.3 Å². The molecule has 0 atom stereocenters. The third-order valence-corrected chi connectivity index (χ3v) is 4.04. The molecule has 1 aliphatic rings. The van der Waals surface area contributed by atoms with E-state index in [0.29, 0.717) is 18.7 Å². The first-order valence-corrected chi connectivity index (χ1v) is 7.64. The van der Waals surface area contributed by atoms with E-state index in [0.717, 1.165) is 37.2 Å². The van der Waals surface area contributed by atoms with Gasteiger partial charge in [0, 0.05) is 25.2 Å². The summed E-state index contributed by atoms with van der Waals surface area (Å²) < 4.78 is 4.80. The van der Waals surface area contributed by atoms with Gasteiger partial charge in [0.2, 0.25) is 6.39 Å². The molecule has 7 heteroatoms. The summed E-state index contributed by atoms with van der Waals surface area (Å²) in [4.78, 5) is 26.9. The number of rotatable bonds is 4. The number of aryl methyl sites for hydroxylation is 1. The molecule has 0 N–H and O–H groups in total. The molecule has 0 unspecified atom stereocenters. The molecule has 3 rings (SSSR count). The maximum Gasteiger partial charge on any atom is 0.257 e. The van der Waals surface area contributed by atoms with Crippen molar-refractivity contribution in [3.8, 4) is 0 Å². The van der Waals surface area contributed by atoms with E-state index in [2.05, 4.69) is 27.0 Å². The molecule has 3 heterocycles. The van der Waals surface area contributed by atoms with Crippen molar-refractivity contribution in [2.75, 3.05) is 13.1 Å². The molecule has 2 aromatic rings. The molecule has 22 heavy (non-hydrogen) atoms. The van der Waals surface area contributed by atoms with E-state index in [1.165, 1.54) is 12.7 Å². The number of hydrogen-bond donors (Lipinski definition) is 0. The fourth-order valence-electron chi connectivity index (χ4n) is 2.84. The quantitative estimate of drug-likeness (QED) is 0.856. The average molecular weight is 301 g/mol. The van der Waals surface area contributed by atoms with Gasteiger partial charge < -0.3 is 9.42 Å². The number of piperidine rings is 1. The van der Waals surface area contributed by atoms with Crippen LogP contribution in [0.25, 0.3) is 0 Å². The van der Waals surface area contributed by atoms with Crippen LogP contribution in [0.4, 0.5) is 0 Å². The monoisotopic (exact) mass is 301 g/mol. The molecule has 1 aliphatic heterocycles. The Morgan fingerprint density at radius 3 is 2.86 bits per heavy atom. The van der Waals surface area contributed by atoms with Gasteiger partial charge in [-0.25, -0.2) is 9.97 Å². The van der Waals surface area contributed by atoms with E-state index in [-0.39, 0.29) is 11.8 Å². The fraction of sp³-hybridized carbons (Fsp3) is 0.533. The third-order valence-electron chi connectivity index (χ3n) is 4.04. The van der Waals surface area contributed by atoms with Crippen LogP contribution in [0.2, 0.25) is 0 Å². The summed E-state index contributed by atoms with van der Waals surface area (Å²) in [6, 6.07) is 0. The second kappa shape index (κ2) is 6.64. The first-order chi connectivity index (χ1) is 10.8. The SMILES string of the molecule is CCCc1ncncc1C(=O)N1CCC(c2ncon2)CC1. The van der Waals surface area contributed by atoms with Crippen LogP contribution in [-0.2, 0) is 6.42 Å². The van der Waals surface area contributed by atoms with Crippen molar-refractivity contribution in [2.45, 2.75) is 38.5 Å². The third kappa shape index (κ3) is 2.98. The minimum absolute atomic E-state index is 0.0237. The molecule has 0 bridgehead atoms. The van der Waals surface area contributed by atoms with Gasteiger partial charge in [-0.15, -0.1) is 0 Å². The highest BCUT2D eigenvalue weighted by atomic mass is 16.5. The van der Waals surface area contributed by atoms with Crippen LogP contribution in [0.3, 0.4) is 0 Å². The van der Waals surface area contributed by atoms with Crippen molar-refractivity contribution in [2.24, 2.45) is 0 Å². The number of carbonyl (C=O) groups excluding carboxylic acids is 1. The van der Waals surface area contributed by atoms with Crippen molar-refractivity contribution in [3.05, 3.63) is 36.0 Å². The molecule has 0 aliphatic carbocycles. The Labute approximate surface area is 128 Å². The lowest BCUT2D eigenvalue weighted by Crippen LogP contribution is -2.38. The van der Waals surface area contributed by atoms with Crippen molar-refractivity contribution in [1.82, 2.24) is 25.0 Å². The van der Waals surface area contributed by atoms with Crippen molar-refractivity contribution < 1.29 is 9.32 Å². The lowest BCUT2D eigenvalue weighted by molar-refractivity contribution is 0.0708. The standard InChI is InChI=1S/C15H19N5O2/c1-2-3-13-12(8-16-9-17-13)15(21)20-6-4-11(5-7-20)14-18-10-22-19-14/h8-11H,2-7H2,1H3. The van der Waals surface area contributed by atoms with Crippen LogP contribution >= 0.6 is 0 Å². The lowest BCUT2D eigenvalue weighted by atomic mass is 9.95. The number of amides is 1. The van der Waals surface area contributed by atoms with E-state index < -0.39 is 0 Å². The maximum atomic E-state index is 12.7. The Hall–Kier alpha value is -2.31. The predicted octanol–water partition coefficient (Wildman–Crippen LogP) is 1.83. The molecule has 2 aromatic heterocycles. The molecule has 1 amide bonds. The lowest BCUT2D eigenvalue weighted by Gasteiger charge is -2.30. The minimum Gasteiger partial charge on any atom is -0.343 e. The van der Waals surface area contributed by atoms with Crippen LogP contribution in [0.15, 0.2) is 23.4 Å². The van der Waals surface area contributed by atoms with Crippen LogP contribution in [-0.4, -0.2) is 44.0 Å². The van der Waals surface area contributed by atoms with Crippen molar-refractivity contribution in [3.63, 3.8) is 0 Å². The van der Waals surface area contributed by atoms with Crippen molar-refractivity contribution in [1.29, 1.82) is 0 Å². The van der Waals surface area contributed by atoms with Gasteiger partial charge in [-0.1, -0.05) is 18.5 Å². The molecule has 0 saturated carbocycles. The van der Waals surface area contributed by atoms with E-state index in [1.807, 2.05) is 4.90 Å². The molecular formula is C15H19N5O2. The molecule has 0 radical (unpaired) electrons. The zero-order chi connectivity index (χ0) is 15.4. The predicted molar refractivity (Wildman–Crippen MR) is 78.2 cm³/mol. The number of nitrogens with zero attached hydrogens (tertiary/aromatic N) is 5. The van der Waals surface area contributed by atoms with Gasteiger partial charge in [-0.3, -0.25) is 4.79 Å². The molecular weight excluding hydrogens is 282 g/mol. The Bertz CT molecular complexity index is 621. The molecule has 1 saturated heterocycles. The number of hydrogen-bond acceptors (Lipinski definition) is 6. The zero-order valence-electron chi connectivity index (χ0n) is 12.6.